The van der Waals surface area contributed by atoms with E-state index in [1.165, 1.54) is 5.56 Å². The number of fused-ring (bicyclic) bond motifs is 2. The third-order valence-corrected chi connectivity index (χ3v) is 5.94. The van der Waals surface area contributed by atoms with E-state index in [0.29, 0.717) is 12.4 Å². The van der Waals surface area contributed by atoms with Crippen molar-refractivity contribution < 1.29 is 9.53 Å². The molecule has 1 atom stereocenters. The topological polar surface area (TPSA) is 58.6 Å². The van der Waals surface area contributed by atoms with Crippen LogP contribution >= 0.6 is 0 Å². The average Bonchev–Trinajstić information content (AvgIpc) is 3.22. The van der Waals surface area contributed by atoms with Gasteiger partial charge < -0.3 is 14.5 Å². The molecular weight excluding hydrogens is 364 g/mol. The molecule has 0 bridgehead atoms. The van der Waals surface area contributed by atoms with E-state index in [-0.39, 0.29) is 11.8 Å². The SMILES string of the molecule is COc1nc2ccccc2nc1N1CCCC(C(=O)N2CCc3ccccc32)C1. The van der Waals surface area contributed by atoms with Crippen LogP contribution in [0.4, 0.5) is 11.5 Å². The fourth-order valence-corrected chi connectivity index (χ4v) is 4.48. The number of methoxy groups -OCH3 is 1. The smallest absolute Gasteiger partial charge is 0.257 e. The zero-order valence-electron chi connectivity index (χ0n) is 16.5. The maximum absolute atomic E-state index is 13.3. The number of carbonyl (C=O) groups is 1. The van der Waals surface area contributed by atoms with Crippen molar-refractivity contribution in [2.45, 2.75) is 19.3 Å². The molecule has 3 heterocycles. The van der Waals surface area contributed by atoms with Gasteiger partial charge >= 0.3 is 0 Å². The molecule has 5 rings (SSSR count). The van der Waals surface area contributed by atoms with Crippen LogP contribution < -0.4 is 14.5 Å². The zero-order valence-corrected chi connectivity index (χ0v) is 16.5. The Morgan fingerprint density at radius 3 is 2.62 bits per heavy atom. The first-order valence-corrected chi connectivity index (χ1v) is 10.2. The summed E-state index contributed by atoms with van der Waals surface area (Å²) in [5, 5.41) is 0. The van der Waals surface area contributed by atoms with Gasteiger partial charge in [0.1, 0.15) is 0 Å². The van der Waals surface area contributed by atoms with Gasteiger partial charge in [-0.2, -0.15) is 0 Å². The molecule has 3 aromatic rings. The van der Waals surface area contributed by atoms with Crippen LogP contribution in [0.15, 0.2) is 48.5 Å². The number of benzene rings is 2. The first kappa shape index (κ1) is 17.9. The normalized spacial score (nSPS) is 18.7. The fraction of sp³-hybridized carbons (Fsp3) is 0.348. The molecule has 0 radical (unpaired) electrons. The van der Waals surface area contributed by atoms with Gasteiger partial charge in [0.2, 0.25) is 5.91 Å². The van der Waals surface area contributed by atoms with Crippen molar-refractivity contribution in [2.75, 3.05) is 36.5 Å². The Morgan fingerprint density at radius 2 is 1.79 bits per heavy atom. The second kappa shape index (κ2) is 7.35. The van der Waals surface area contributed by atoms with E-state index in [0.717, 1.165) is 54.9 Å². The molecule has 0 saturated carbocycles. The molecule has 1 fully saturated rings. The molecule has 6 heteroatoms. The monoisotopic (exact) mass is 388 g/mol. The highest BCUT2D eigenvalue weighted by Crippen LogP contribution is 2.33. The summed E-state index contributed by atoms with van der Waals surface area (Å²) >= 11 is 0. The van der Waals surface area contributed by atoms with Crippen LogP contribution in [0.25, 0.3) is 11.0 Å². The van der Waals surface area contributed by atoms with Crippen LogP contribution in [0.3, 0.4) is 0 Å². The van der Waals surface area contributed by atoms with Gasteiger partial charge in [-0.05, 0) is 43.0 Å². The predicted molar refractivity (Wildman–Crippen MR) is 114 cm³/mol. The first-order valence-electron chi connectivity index (χ1n) is 10.2. The Balaban J connectivity index is 1.41. The lowest BCUT2D eigenvalue weighted by atomic mass is 9.96. The lowest BCUT2D eigenvalue weighted by molar-refractivity contribution is -0.122. The van der Waals surface area contributed by atoms with E-state index < -0.39 is 0 Å². The van der Waals surface area contributed by atoms with Gasteiger partial charge in [-0.1, -0.05) is 30.3 Å². The van der Waals surface area contributed by atoms with Gasteiger partial charge in [0.05, 0.1) is 24.1 Å². The molecule has 148 valence electrons. The van der Waals surface area contributed by atoms with E-state index in [4.69, 9.17) is 9.72 Å². The third-order valence-electron chi connectivity index (χ3n) is 5.94. The van der Waals surface area contributed by atoms with Crippen molar-refractivity contribution >= 4 is 28.4 Å². The summed E-state index contributed by atoms with van der Waals surface area (Å²) in [6, 6.07) is 16.0. The molecule has 2 aliphatic rings. The number of aromatic nitrogens is 2. The van der Waals surface area contributed by atoms with Crippen LogP contribution in [0.2, 0.25) is 0 Å². The summed E-state index contributed by atoms with van der Waals surface area (Å²) in [5.41, 5.74) is 3.98. The quantitative estimate of drug-likeness (QED) is 0.688. The van der Waals surface area contributed by atoms with E-state index in [1.54, 1.807) is 7.11 Å². The van der Waals surface area contributed by atoms with Crippen LogP contribution in [-0.4, -0.2) is 42.6 Å². The Labute approximate surface area is 170 Å². The van der Waals surface area contributed by atoms with E-state index >= 15 is 0 Å². The Hall–Kier alpha value is -3.15. The van der Waals surface area contributed by atoms with Crippen molar-refractivity contribution in [3.63, 3.8) is 0 Å². The molecule has 6 nitrogen and oxygen atoms in total. The third kappa shape index (κ3) is 3.18. The molecule has 2 aromatic carbocycles. The number of hydrogen-bond donors (Lipinski definition) is 0. The highest BCUT2D eigenvalue weighted by atomic mass is 16.5. The lowest BCUT2D eigenvalue weighted by Gasteiger charge is -2.35. The van der Waals surface area contributed by atoms with Crippen LogP contribution in [0.1, 0.15) is 18.4 Å². The number of hydrogen-bond acceptors (Lipinski definition) is 5. The fourth-order valence-electron chi connectivity index (χ4n) is 4.48. The Bertz CT molecular complexity index is 1070. The standard InChI is InChI=1S/C23H24N4O2/c1-29-22-21(24-18-9-3-4-10-19(18)25-22)26-13-6-8-17(15-26)23(28)27-14-12-16-7-2-5-11-20(16)27/h2-5,7,9-11,17H,6,8,12-15H2,1H3. The molecule has 29 heavy (non-hydrogen) atoms. The second-order valence-corrected chi connectivity index (χ2v) is 7.70. The summed E-state index contributed by atoms with van der Waals surface area (Å²) in [6.07, 6.45) is 2.78. The molecule has 1 aromatic heterocycles. The Morgan fingerprint density at radius 1 is 1.03 bits per heavy atom. The maximum atomic E-state index is 13.3. The lowest BCUT2D eigenvalue weighted by Crippen LogP contribution is -2.45. The number of para-hydroxylation sites is 3. The predicted octanol–water partition coefficient (Wildman–Crippen LogP) is 3.44. The van der Waals surface area contributed by atoms with Gasteiger partial charge in [0.25, 0.3) is 5.88 Å². The van der Waals surface area contributed by atoms with E-state index in [1.807, 2.05) is 41.3 Å². The van der Waals surface area contributed by atoms with Gasteiger partial charge in [-0.3, -0.25) is 4.79 Å². The maximum Gasteiger partial charge on any atom is 0.257 e. The molecule has 1 unspecified atom stereocenters. The molecule has 0 spiro atoms. The van der Waals surface area contributed by atoms with Gasteiger partial charge in [-0.25, -0.2) is 9.97 Å². The summed E-state index contributed by atoms with van der Waals surface area (Å²) < 4.78 is 5.54. The van der Waals surface area contributed by atoms with Gasteiger partial charge in [0.15, 0.2) is 5.82 Å². The van der Waals surface area contributed by atoms with E-state index in [2.05, 4.69) is 22.0 Å². The minimum absolute atomic E-state index is 0.0483. The summed E-state index contributed by atoms with van der Waals surface area (Å²) in [6.45, 7) is 2.26. The first-order chi connectivity index (χ1) is 14.2. The largest absolute Gasteiger partial charge is 0.478 e. The number of amides is 1. The minimum atomic E-state index is -0.0483. The number of nitrogens with zero attached hydrogens (tertiary/aromatic N) is 4. The van der Waals surface area contributed by atoms with Crippen molar-refractivity contribution in [1.29, 1.82) is 0 Å². The van der Waals surface area contributed by atoms with Crippen LogP contribution in [-0.2, 0) is 11.2 Å². The Kier molecular flexibility index (Phi) is 4.54. The minimum Gasteiger partial charge on any atom is -0.478 e. The number of ether oxygens (including phenoxy) is 1. The van der Waals surface area contributed by atoms with Gasteiger partial charge in [-0.15, -0.1) is 0 Å². The second-order valence-electron chi connectivity index (χ2n) is 7.70. The number of anilines is 2. The molecule has 1 amide bonds. The van der Waals surface area contributed by atoms with Crippen molar-refractivity contribution in [1.82, 2.24) is 9.97 Å². The molecule has 0 N–H and O–H groups in total. The summed E-state index contributed by atoms with van der Waals surface area (Å²) in [7, 11) is 1.62. The number of piperidine rings is 1. The van der Waals surface area contributed by atoms with Crippen molar-refractivity contribution in [2.24, 2.45) is 5.92 Å². The van der Waals surface area contributed by atoms with Crippen molar-refractivity contribution in [3.05, 3.63) is 54.1 Å². The van der Waals surface area contributed by atoms with Crippen LogP contribution in [0, 0.1) is 5.92 Å². The zero-order chi connectivity index (χ0) is 19.8. The van der Waals surface area contributed by atoms with Crippen molar-refractivity contribution in [3.8, 4) is 5.88 Å². The molecule has 1 saturated heterocycles. The van der Waals surface area contributed by atoms with E-state index in [9.17, 15) is 4.79 Å². The summed E-state index contributed by atoms with van der Waals surface area (Å²) in [5.74, 6) is 1.41. The summed E-state index contributed by atoms with van der Waals surface area (Å²) in [4.78, 5) is 26.9. The number of carbonyl (C=O) groups excluding carboxylic acids is 1. The molecule has 0 aliphatic carbocycles. The highest BCUT2D eigenvalue weighted by molar-refractivity contribution is 5.97. The molecular formula is C23H24N4O2. The highest BCUT2D eigenvalue weighted by Gasteiger charge is 2.34. The van der Waals surface area contributed by atoms with Gasteiger partial charge in [0, 0.05) is 25.3 Å². The molecule has 2 aliphatic heterocycles. The average molecular weight is 388 g/mol. The van der Waals surface area contributed by atoms with Crippen LogP contribution in [0.5, 0.6) is 5.88 Å². The number of rotatable bonds is 3.